The molecule has 1 aromatic heterocycles. The van der Waals surface area contributed by atoms with Gasteiger partial charge >= 0.3 is 5.97 Å². The van der Waals surface area contributed by atoms with Crippen molar-refractivity contribution in [2.45, 2.75) is 11.8 Å². The summed E-state index contributed by atoms with van der Waals surface area (Å²) in [6.07, 6.45) is 2.75. The van der Waals surface area contributed by atoms with E-state index in [2.05, 4.69) is 9.71 Å². The molecule has 0 fully saturated rings. The predicted molar refractivity (Wildman–Crippen MR) is 77.4 cm³/mol. The predicted octanol–water partition coefficient (Wildman–Crippen LogP) is 2.06. The van der Waals surface area contributed by atoms with Gasteiger partial charge in [0.15, 0.2) is 0 Å². The van der Waals surface area contributed by atoms with Crippen LogP contribution in [0.4, 0.5) is 5.69 Å². The third-order valence-electron chi connectivity index (χ3n) is 2.59. The lowest BCUT2D eigenvalue weighted by Gasteiger charge is -2.08. The zero-order chi connectivity index (χ0) is 15.3. The number of ether oxygens (including phenoxy) is 1. The van der Waals surface area contributed by atoms with E-state index in [1.54, 1.807) is 13.0 Å². The van der Waals surface area contributed by atoms with Gasteiger partial charge in [-0.1, -0.05) is 0 Å². The summed E-state index contributed by atoms with van der Waals surface area (Å²) in [6, 6.07) is 8.99. The molecule has 21 heavy (non-hydrogen) atoms. The highest BCUT2D eigenvalue weighted by molar-refractivity contribution is 7.92. The molecule has 0 amide bonds. The monoisotopic (exact) mass is 306 g/mol. The van der Waals surface area contributed by atoms with Crippen LogP contribution in [0.3, 0.4) is 0 Å². The van der Waals surface area contributed by atoms with Crippen molar-refractivity contribution in [2.75, 3.05) is 11.3 Å². The van der Waals surface area contributed by atoms with E-state index in [0.717, 1.165) is 0 Å². The Kier molecular flexibility index (Phi) is 4.54. The summed E-state index contributed by atoms with van der Waals surface area (Å²) in [5, 5.41) is 0. The van der Waals surface area contributed by atoms with Crippen LogP contribution in [-0.2, 0) is 14.8 Å². The molecule has 0 spiro atoms. The molecule has 110 valence electrons. The molecule has 0 saturated heterocycles. The molecule has 2 rings (SSSR count). The van der Waals surface area contributed by atoms with Gasteiger partial charge in [0, 0.05) is 18.1 Å². The number of pyridine rings is 1. The minimum Gasteiger partial charge on any atom is -0.462 e. The molecule has 0 bridgehead atoms. The van der Waals surface area contributed by atoms with Crippen LogP contribution in [-0.4, -0.2) is 26.0 Å². The summed E-state index contributed by atoms with van der Waals surface area (Å²) in [4.78, 5) is 15.3. The zero-order valence-electron chi connectivity index (χ0n) is 11.3. The highest BCUT2D eigenvalue weighted by Crippen LogP contribution is 2.16. The van der Waals surface area contributed by atoms with Gasteiger partial charge in [-0.3, -0.25) is 9.71 Å². The number of hydrogen-bond donors (Lipinski definition) is 1. The Balaban J connectivity index is 2.15. The second-order valence-corrected chi connectivity index (χ2v) is 5.77. The van der Waals surface area contributed by atoms with Crippen molar-refractivity contribution in [1.82, 2.24) is 4.98 Å². The molecule has 1 heterocycles. The van der Waals surface area contributed by atoms with E-state index < -0.39 is 16.0 Å². The number of hydrogen-bond acceptors (Lipinski definition) is 5. The van der Waals surface area contributed by atoms with Gasteiger partial charge in [-0.05, 0) is 43.3 Å². The summed E-state index contributed by atoms with van der Waals surface area (Å²) in [6.45, 7) is 2.00. The third kappa shape index (κ3) is 3.79. The molecule has 0 saturated carbocycles. The summed E-state index contributed by atoms with van der Waals surface area (Å²) in [5.74, 6) is -0.445. The SMILES string of the molecule is CCOC(=O)c1ccc(NS(=O)(=O)c2cccnc2)cc1. The van der Waals surface area contributed by atoms with E-state index >= 15 is 0 Å². The van der Waals surface area contributed by atoms with Gasteiger partial charge < -0.3 is 4.74 Å². The number of sulfonamides is 1. The molecule has 7 heteroatoms. The maximum atomic E-state index is 12.1. The molecule has 1 aromatic carbocycles. The Morgan fingerprint density at radius 2 is 1.95 bits per heavy atom. The molecule has 1 N–H and O–H groups in total. The van der Waals surface area contributed by atoms with Crippen LogP contribution in [0.25, 0.3) is 0 Å². The highest BCUT2D eigenvalue weighted by atomic mass is 32.2. The number of nitrogens with zero attached hydrogens (tertiary/aromatic N) is 1. The number of carbonyl (C=O) groups is 1. The van der Waals surface area contributed by atoms with Crippen LogP contribution in [0, 0.1) is 0 Å². The quantitative estimate of drug-likeness (QED) is 0.855. The van der Waals surface area contributed by atoms with Gasteiger partial charge in [0.25, 0.3) is 10.0 Å². The number of aromatic nitrogens is 1. The molecule has 2 aromatic rings. The van der Waals surface area contributed by atoms with Crippen LogP contribution in [0.2, 0.25) is 0 Å². The number of esters is 1. The van der Waals surface area contributed by atoms with Gasteiger partial charge in [0.2, 0.25) is 0 Å². The number of nitrogens with one attached hydrogen (secondary N) is 1. The topological polar surface area (TPSA) is 85.4 Å². The molecule has 0 radical (unpaired) electrons. The second kappa shape index (κ2) is 6.36. The van der Waals surface area contributed by atoms with E-state index in [1.807, 2.05) is 0 Å². The molecule has 0 unspecified atom stereocenters. The normalized spacial score (nSPS) is 10.9. The highest BCUT2D eigenvalue weighted by Gasteiger charge is 2.14. The maximum Gasteiger partial charge on any atom is 0.338 e. The summed E-state index contributed by atoms with van der Waals surface area (Å²) >= 11 is 0. The molecule has 6 nitrogen and oxygen atoms in total. The molecular formula is C14H14N2O4S. The first-order chi connectivity index (χ1) is 10.0. The van der Waals surface area contributed by atoms with Crippen LogP contribution in [0.1, 0.15) is 17.3 Å². The Morgan fingerprint density at radius 3 is 2.52 bits per heavy atom. The summed E-state index contributed by atoms with van der Waals surface area (Å²) in [7, 11) is -3.69. The average molecular weight is 306 g/mol. The number of rotatable bonds is 5. The maximum absolute atomic E-state index is 12.1. The Morgan fingerprint density at radius 1 is 1.24 bits per heavy atom. The van der Waals surface area contributed by atoms with Crippen molar-refractivity contribution in [3.8, 4) is 0 Å². The van der Waals surface area contributed by atoms with Crippen molar-refractivity contribution < 1.29 is 17.9 Å². The molecular weight excluding hydrogens is 292 g/mol. The van der Waals surface area contributed by atoms with Crippen LogP contribution in [0.5, 0.6) is 0 Å². The number of carbonyl (C=O) groups excluding carboxylic acids is 1. The number of benzene rings is 1. The van der Waals surface area contributed by atoms with Gasteiger partial charge in [-0.2, -0.15) is 0 Å². The van der Waals surface area contributed by atoms with Crippen molar-refractivity contribution in [3.05, 3.63) is 54.4 Å². The fourth-order valence-corrected chi connectivity index (χ4v) is 2.63. The first kappa shape index (κ1) is 15.0. The summed E-state index contributed by atoms with van der Waals surface area (Å²) < 4.78 is 31.4. The first-order valence-electron chi connectivity index (χ1n) is 6.23. The minimum absolute atomic E-state index is 0.0690. The molecule has 0 aliphatic heterocycles. The van der Waals surface area contributed by atoms with Crippen LogP contribution >= 0.6 is 0 Å². The third-order valence-corrected chi connectivity index (χ3v) is 3.96. The van der Waals surface area contributed by atoms with Crippen molar-refractivity contribution in [1.29, 1.82) is 0 Å². The fourth-order valence-electron chi connectivity index (χ4n) is 1.61. The van der Waals surface area contributed by atoms with Gasteiger partial charge in [-0.25, -0.2) is 13.2 Å². The average Bonchev–Trinajstić information content (AvgIpc) is 2.49. The number of anilines is 1. The standard InChI is InChI=1S/C14H14N2O4S/c1-2-20-14(17)11-5-7-12(8-6-11)16-21(18,19)13-4-3-9-15-10-13/h3-10,16H,2H2,1H3. The van der Waals surface area contributed by atoms with Crippen molar-refractivity contribution >= 4 is 21.7 Å². The van der Waals surface area contributed by atoms with E-state index in [-0.39, 0.29) is 11.5 Å². The lowest BCUT2D eigenvalue weighted by atomic mass is 10.2. The second-order valence-electron chi connectivity index (χ2n) is 4.09. The summed E-state index contributed by atoms with van der Waals surface area (Å²) in [5.41, 5.74) is 0.716. The Labute approximate surface area is 122 Å². The van der Waals surface area contributed by atoms with Crippen molar-refractivity contribution in [3.63, 3.8) is 0 Å². The van der Waals surface area contributed by atoms with E-state index in [9.17, 15) is 13.2 Å². The van der Waals surface area contributed by atoms with E-state index in [1.165, 1.54) is 42.7 Å². The van der Waals surface area contributed by atoms with Gasteiger partial charge in [0.1, 0.15) is 4.90 Å². The van der Waals surface area contributed by atoms with Gasteiger partial charge in [-0.15, -0.1) is 0 Å². The largest absolute Gasteiger partial charge is 0.462 e. The fraction of sp³-hybridized carbons (Fsp3) is 0.143. The smallest absolute Gasteiger partial charge is 0.338 e. The minimum atomic E-state index is -3.69. The lowest BCUT2D eigenvalue weighted by Crippen LogP contribution is -2.13. The molecule has 0 aliphatic carbocycles. The Bertz CT molecular complexity index is 712. The Hall–Kier alpha value is -2.41. The van der Waals surface area contributed by atoms with Crippen LogP contribution in [0.15, 0.2) is 53.7 Å². The van der Waals surface area contributed by atoms with Gasteiger partial charge in [0.05, 0.1) is 12.2 Å². The van der Waals surface area contributed by atoms with Crippen LogP contribution < -0.4 is 4.72 Å². The van der Waals surface area contributed by atoms with Crippen molar-refractivity contribution in [2.24, 2.45) is 0 Å². The zero-order valence-corrected chi connectivity index (χ0v) is 12.1. The van der Waals surface area contributed by atoms with E-state index in [0.29, 0.717) is 11.3 Å². The molecule has 0 atom stereocenters. The molecule has 0 aliphatic rings. The lowest BCUT2D eigenvalue weighted by molar-refractivity contribution is 0.0526. The van der Waals surface area contributed by atoms with E-state index in [4.69, 9.17) is 4.74 Å². The first-order valence-corrected chi connectivity index (χ1v) is 7.71.